The van der Waals surface area contributed by atoms with E-state index in [1.807, 2.05) is 6.26 Å². The summed E-state index contributed by atoms with van der Waals surface area (Å²) in [4.78, 5) is 24.6. The van der Waals surface area contributed by atoms with Crippen LogP contribution in [0.3, 0.4) is 0 Å². The van der Waals surface area contributed by atoms with Crippen LogP contribution in [0.2, 0.25) is 0 Å². The van der Waals surface area contributed by atoms with Crippen molar-refractivity contribution in [3.8, 4) is 0 Å². The van der Waals surface area contributed by atoms with Gasteiger partial charge >= 0.3 is 6.18 Å². The largest absolute Gasteiger partial charge is 0.406 e. The first-order chi connectivity index (χ1) is 10.3. The number of halogens is 3. The highest BCUT2D eigenvalue weighted by Crippen LogP contribution is 2.28. The van der Waals surface area contributed by atoms with E-state index < -0.39 is 24.5 Å². The maximum absolute atomic E-state index is 12.4. The lowest BCUT2D eigenvalue weighted by atomic mass is 9.94. The second-order valence-electron chi connectivity index (χ2n) is 5.96. The van der Waals surface area contributed by atoms with Crippen LogP contribution in [0.1, 0.15) is 32.1 Å². The molecule has 1 saturated heterocycles. The average Bonchev–Trinajstić information content (AvgIpc) is 2.79. The summed E-state index contributed by atoms with van der Waals surface area (Å²) in [7, 11) is 0. The number of hydrogen-bond donors (Lipinski definition) is 1. The number of nitrogens with zero attached hydrogens (tertiary/aromatic N) is 1. The lowest BCUT2D eigenvalue weighted by Gasteiger charge is -2.31. The van der Waals surface area contributed by atoms with Gasteiger partial charge in [0.25, 0.3) is 0 Å². The predicted octanol–water partition coefficient (Wildman–Crippen LogP) is 2.19. The van der Waals surface area contributed by atoms with Gasteiger partial charge in [0.1, 0.15) is 6.54 Å². The molecule has 22 heavy (non-hydrogen) atoms. The van der Waals surface area contributed by atoms with Crippen molar-refractivity contribution in [3.05, 3.63) is 0 Å². The van der Waals surface area contributed by atoms with E-state index in [2.05, 4.69) is 5.32 Å². The molecule has 0 aromatic heterocycles. The van der Waals surface area contributed by atoms with Crippen LogP contribution in [0, 0.1) is 5.92 Å². The Labute approximate surface area is 132 Å². The highest BCUT2D eigenvalue weighted by Gasteiger charge is 2.41. The highest BCUT2D eigenvalue weighted by atomic mass is 32.2. The van der Waals surface area contributed by atoms with Crippen LogP contribution in [-0.4, -0.2) is 53.5 Å². The fraction of sp³-hybridized carbons (Fsp3) is 0.857. The summed E-state index contributed by atoms with van der Waals surface area (Å²) in [5.41, 5.74) is 0. The maximum atomic E-state index is 12.4. The van der Waals surface area contributed by atoms with Gasteiger partial charge in [0.05, 0.1) is 5.92 Å². The highest BCUT2D eigenvalue weighted by molar-refractivity contribution is 7.99. The van der Waals surface area contributed by atoms with E-state index in [4.69, 9.17) is 0 Å². The number of carbonyl (C=O) groups is 2. The maximum Gasteiger partial charge on any atom is 0.406 e. The van der Waals surface area contributed by atoms with Gasteiger partial charge in [0.15, 0.2) is 0 Å². The topological polar surface area (TPSA) is 49.4 Å². The summed E-state index contributed by atoms with van der Waals surface area (Å²) in [6, 6.07) is 0.0584. The van der Waals surface area contributed by atoms with Gasteiger partial charge in [-0.3, -0.25) is 9.59 Å². The number of thioether (sulfide) groups is 1. The Morgan fingerprint density at radius 2 is 2.05 bits per heavy atom. The molecule has 0 radical (unpaired) electrons. The fourth-order valence-electron chi connectivity index (χ4n) is 3.16. The number of amides is 2. The number of rotatable bonds is 4. The molecular weight excluding hydrogens is 317 g/mol. The minimum atomic E-state index is -4.42. The molecule has 1 N–H and O–H groups in total. The van der Waals surface area contributed by atoms with Crippen molar-refractivity contribution in [2.75, 3.05) is 19.3 Å². The van der Waals surface area contributed by atoms with Crippen molar-refractivity contribution in [1.82, 2.24) is 10.2 Å². The Balaban J connectivity index is 1.89. The van der Waals surface area contributed by atoms with E-state index in [0.29, 0.717) is 5.25 Å². The molecule has 2 rings (SSSR count). The molecule has 0 spiro atoms. The molecule has 0 unspecified atom stereocenters. The lowest BCUT2D eigenvalue weighted by Crippen LogP contribution is -2.46. The molecule has 0 aromatic rings. The standard InChI is InChI=1S/C14H21F3N2O2S/c1-22-11-5-3-2-4-10(11)18-13(21)9-6-12(20)19(7-9)8-14(15,16)17/h9-11H,2-8H2,1H3,(H,18,21)/t9-,10-,11+/m0/s1. The van der Waals surface area contributed by atoms with E-state index in [-0.39, 0.29) is 24.9 Å². The fourth-order valence-corrected chi connectivity index (χ4v) is 4.10. The molecule has 1 saturated carbocycles. The predicted molar refractivity (Wildman–Crippen MR) is 78.4 cm³/mol. The number of likely N-dealkylation sites (tertiary alicyclic amines) is 1. The van der Waals surface area contributed by atoms with E-state index in [0.717, 1.165) is 30.6 Å². The van der Waals surface area contributed by atoms with Crippen LogP contribution in [0.5, 0.6) is 0 Å². The molecule has 1 heterocycles. The van der Waals surface area contributed by atoms with E-state index in [1.165, 1.54) is 0 Å². The van der Waals surface area contributed by atoms with Crippen molar-refractivity contribution in [2.24, 2.45) is 5.92 Å². The van der Waals surface area contributed by atoms with Crippen molar-refractivity contribution in [1.29, 1.82) is 0 Å². The van der Waals surface area contributed by atoms with Crippen LogP contribution < -0.4 is 5.32 Å². The lowest BCUT2D eigenvalue weighted by molar-refractivity contribution is -0.157. The molecule has 8 heteroatoms. The molecule has 2 amide bonds. The zero-order valence-electron chi connectivity index (χ0n) is 12.5. The van der Waals surface area contributed by atoms with E-state index >= 15 is 0 Å². The number of nitrogens with one attached hydrogen (secondary N) is 1. The summed E-state index contributed by atoms with van der Waals surface area (Å²) in [5, 5.41) is 3.29. The second-order valence-corrected chi connectivity index (χ2v) is 7.04. The molecule has 3 atom stereocenters. The van der Waals surface area contributed by atoms with Crippen LogP contribution in [0.25, 0.3) is 0 Å². The van der Waals surface area contributed by atoms with Crippen molar-refractivity contribution < 1.29 is 22.8 Å². The SMILES string of the molecule is CS[C@@H]1CCCC[C@@H]1NC(=O)[C@H]1CC(=O)N(CC(F)(F)F)C1. The summed E-state index contributed by atoms with van der Waals surface area (Å²) in [6.45, 7) is -1.41. The van der Waals surface area contributed by atoms with Crippen LogP contribution in [0.4, 0.5) is 13.2 Å². The first-order valence-electron chi connectivity index (χ1n) is 7.48. The smallest absolute Gasteiger partial charge is 0.352 e. The van der Waals surface area contributed by atoms with Crippen LogP contribution >= 0.6 is 11.8 Å². The van der Waals surface area contributed by atoms with E-state index in [1.54, 1.807) is 11.8 Å². The van der Waals surface area contributed by atoms with Gasteiger partial charge in [0.2, 0.25) is 11.8 Å². The molecule has 0 bridgehead atoms. The Bertz CT molecular complexity index is 431. The Hall–Kier alpha value is -0.920. The van der Waals surface area contributed by atoms with Crippen LogP contribution in [0.15, 0.2) is 0 Å². The van der Waals surface area contributed by atoms with Gasteiger partial charge in [-0.1, -0.05) is 12.8 Å². The molecule has 0 aromatic carbocycles. The minimum Gasteiger partial charge on any atom is -0.352 e. The van der Waals surface area contributed by atoms with Gasteiger partial charge in [-0.15, -0.1) is 0 Å². The third-order valence-corrected chi connectivity index (χ3v) is 5.46. The molecule has 1 aliphatic carbocycles. The first kappa shape index (κ1) is 17.4. The molecule has 1 aliphatic heterocycles. The van der Waals surface area contributed by atoms with Gasteiger partial charge in [-0.25, -0.2) is 0 Å². The average molecular weight is 338 g/mol. The molecule has 4 nitrogen and oxygen atoms in total. The molecule has 2 aliphatic rings. The summed E-state index contributed by atoms with van der Waals surface area (Å²) in [5.74, 6) is -1.55. The minimum absolute atomic E-state index is 0.0584. The Kier molecular flexibility index (Phi) is 5.63. The monoisotopic (exact) mass is 338 g/mol. The molecular formula is C14H21F3N2O2S. The van der Waals surface area contributed by atoms with Gasteiger partial charge in [0, 0.05) is 24.3 Å². The normalized spacial score (nSPS) is 29.7. The zero-order chi connectivity index (χ0) is 16.3. The van der Waals surface area contributed by atoms with E-state index in [9.17, 15) is 22.8 Å². The number of hydrogen-bond acceptors (Lipinski definition) is 3. The molecule has 2 fully saturated rings. The summed E-state index contributed by atoms with van der Waals surface area (Å²) >= 11 is 1.71. The quantitative estimate of drug-likeness (QED) is 0.855. The summed E-state index contributed by atoms with van der Waals surface area (Å²) < 4.78 is 37.1. The van der Waals surface area contributed by atoms with Crippen molar-refractivity contribution in [3.63, 3.8) is 0 Å². The summed E-state index contributed by atoms with van der Waals surface area (Å²) in [6.07, 6.45) is 1.57. The third-order valence-electron chi connectivity index (χ3n) is 4.29. The Morgan fingerprint density at radius 1 is 1.36 bits per heavy atom. The van der Waals surface area contributed by atoms with Crippen molar-refractivity contribution in [2.45, 2.75) is 49.6 Å². The zero-order valence-corrected chi connectivity index (χ0v) is 13.3. The van der Waals surface area contributed by atoms with Gasteiger partial charge in [-0.05, 0) is 19.1 Å². The molecule has 126 valence electrons. The second kappa shape index (κ2) is 7.10. The van der Waals surface area contributed by atoms with Gasteiger partial charge < -0.3 is 10.2 Å². The number of alkyl halides is 3. The van der Waals surface area contributed by atoms with Crippen LogP contribution in [-0.2, 0) is 9.59 Å². The Morgan fingerprint density at radius 3 is 2.68 bits per heavy atom. The first-order valence-corrected chi connectivity index (χ1v) is 8.76. The van der Waals surface area contributed by atoms with Gasteiger partial charge in [-0.2, -0.15) is 24.9 Å². The number of carbonyl (C=O) groups excluding carboxylic acids is 2. The third kappa shape index (κ3) is 4.54. The van der Waals surface area contributed by atoms with Crippen molar-refractivity contribution >= 4 is 23.6 Å².